The number of carboxylic acids is 1. The molecule has 21 heavy (non-hydrogen) atoms. The summed E-state index contributed by atoms with van der Waals surface area (Å²) in [5, 5.41) is 7.60. The van der Waals surface area contributed by atoms with Crippen LogP contribution in [0.2, 0.25) is 0 Å². The summed E-state index contributed by atoms with van der Waals surface area (Å²) in [5.41, 5.74) is 0. The fourth-order valence-corrected chi connectivity index (χ4v) is 2.17. The molecular formula is C15H24O6. The van der Waals surface area contributed by atoms with E-state index in [9.17, 15) is 9.59 Å². The number of carbonyl (C=O) groups excluding carboxylic acids is 1. The molecule has 2 atom stereocenters. The van der Waals surface area contributed by atoms with E-state index < -0.39 is 5.97 Å². The molecule has 2 unspecified atom stereocenters. The number of cyclic esters (lactones) is 1. The van der Waals surface area contributed by atoms with E-state index >= 15 is 0 Å². The van der Waals surface area contributed by atoms with Crippen molar-refractivity contribution >= 4 is 11.9 Å². The fourth-order valence-electron chi connectivity index (χ4n) is 2.17. The minimum Gasteiger partial charge on any atom is -0.478 e. The Bertz CT molecular complexity index is 335. The number of hydrogen-bond donors (Lipinski definition) is 1. The summed E-state index contributed by atoms with van der Waals surface area (Å²) >= 11 is 0. The van der Waals surface area contributed by atoms with E-state index in [1.807, 2.05) is 0 Å². The van der Waals surface area contributed by atoms with Crippen molar-refractivity contribution in [2.24, 2.45) is 5.92 Å². The maximum Gasteiger partial charge on any atom is 0.327 e. The second-order valence-electron chi connectivity index (χ2n) is 5.08. The van der Waals surface area contributed by atoms with Crippen LogP contribution >= 0.6 is 0 Å². The molecule has 0 aromatic carbocycles. The lowest BCUT2D eigenvalue weighted by molar-refractivity contribution is -0.150. The Labute approximate surface area is 125 Å². The molecule has 2 fully saturated rings. The summed E-state index contributed by atoms with van der Waals surface area (Å²) in [4.78, 5) is 20.8. The minimum atomic E-state index is -0.981. The zero-order valence-corrected chi connectivity index (χ0v) is 12.3. The van der Waals surface area contributed by atoms with Crippen LogP contribution in [0.15, 0.2) is 12.7 Å². The van der Waals surface area contributed by atoms with E-state index in [1.54, 1.807) is 0 Å². The van der Waals surface area contributed by atoms with Crippen molar-refractivity contribution in [1.29, 1.82) is 0 Å². The van der Waals surface area contributed by atoms with Crippen LogP contribution in [0.3, 0.4) is 0 Å². The molecule has 2 aliphatic rings. The van der Waals surface area contributed by atoms with Crippen molar-refractivity contribution in [2.75, 3.05) is 26.4 Å². The maximum absolute atomic E-state index is 11.5. The van der Waals surface area contributed by atoms with Crippen LogP contribution in [0.1, 0.15) is 32.1 Å². The van der Waals surface area contributed by atoms with E-state index in [4.69, 9.17) is 19.3 Å². The van der Waals surface area contributed by atoms with Crippen LogP contribution in [-0.2, 0) is 23.8 Å². The minimum absolute atomic E-state index is 0.0658. The summed E-state index contributed by atoms with van der Waals surface area (Å²) in [5.74, 6) is -1.14. The van der Waals surface area contributed by atoms with Gasteiger partial charge in [-0.05, 0) is 32.1 Å². The summed E-state index contributed by atoms with van der Waals surface area (Å²) in [6, 6.07) is 0. The van der Waals surface area contributed by atoms with E-state index in [1.165, 1.54) is 0 Å². The number of carboxylic acid groups (broad SMARTS) is 1. The lowest BCUT2D eigenvalue weighted by Crippen LogP contribution is -2.24. The summed E-state index contributed by atoms with van der Waals surface area (Å²) in [6.07, 6.45) is 6.20. The van der Waals surface area contributed by atoms with Gasteiger partial charge in [-0.25, -0.2) is 4.79 Å². The molecule has 0 aromatic rings. The SMILES string of the molecule is C=CC(=O)O.O=C1OCCCCC1COCC1CCCO1. The third-order valence-corrected chi connectivity index (χ3v) is 3.35. The topological polar surface area (TPSA) is 82.1 Å². The average Bonchev–Trinajstić information content (AvgIpc) is 2.90. The third kappa shape index (κ3) is 7.82. The van der Waals surface area contributed by atoms with Crippen LogP contribution in [0.25, 0.3) is 0 Å². The van der Waals surface area contributed by atoms with E-state index in [0.29, 0.717) is 19.8 Å². The molecule has 2 rings (SSSR count). The quantitative estimate of drug-likeness (QED) is 0.615. The molecule has 0 aliphatic carbocycles. The highest BCUT2D eigenvalue weighted by Gasteiger charge is 2.23. The van der Waals surface area contributed by atoms with Crippen molar-refractivity contribution in [3.8, 4) is 0 Å². The van der Waals surface area contributed by atoms with E-state index in [-0.39, 0.29) is 18.0 Å². The number of hydrogen-bond acceptors (Lipinski definition) is 5. The molecule has 0 spiro atoms. The van der Waals surface area contributed by atoms with Gasteiger partial charge in [-0.15, -0.1) is 0 Å². The molecule has 6 nitrogen and oxygen atoms in total. The van der Waals surface area contributed by atoms with Crippen molar-refractivity contribution < 1.29 is 28.9 Å². The molecule has 120 valence electrons. The van der Waals surface area contributed by atoms with Crippen LogP contribution in [0.5, 0.6) is 0 Å². The van der Waals surface area contributed by atoms with Crippen LogP contribution in [0.4, 0.5) is 0 Å². The molecule has 0 amide bonds. The molecule has 0 radical (unpaired) electrons. The summed E-state index contributed by atoms with van der Waals surface area (Å²) < 4.78 is 16.1. The number of rotatable bonds is 5. The van der Waals surface area contributed by atoms with Gasteiger partial charge in [0, 0.05) is 12.7 Å². The van der Waals surface area contributed by atoms with Gasteiger partial charge in [0.15, 0.2) is 0 Å². The maximum atomic E-state index is 11.5. The Morgan fingerprint density at radius 3 is 2.67 bits per heavy atom. The molecule has 2 saturated heterocycles. The molecular weight excluding hydrogens is 276 g/mol. The highest BCUT2D eigenvalue weighted by molar-refractivity contribution is 5.78. The van der Waals surface area contributed by atoms with Crippen LogP contribution < -0.4 is 0 Å². The van der Waals surface area contributed by atoms with Gasteiger partial charge in [-0.3, -0.25) is 4.79 Å². The highest BCUT2D eigenvalue weighted by atomic mass is 16.5. The second-order valence-corrected chi connectivity index (χ2v) is 5.08. The fraction of sp³-hybridized carbons (Fsp3) is 0.733. The molecule has 1 N–H and O–H groups in total. The smallest absolute Gasteiger partial charge is 0.327 e. The zero-order chi connectivity index (χ0) is 15.5. The summed E-state index contributed by atoms with van der Waals surface area (Å²) in [6.45, 7) is 5.48. The first-order valence-electron chi connectivity index (χ1n) is 7.34. The Balaban J connectivity index is 0.000000383. The predicted octanol–water partition coefficient (Wildman–Crippen LogP) is 1.78. The highest BCUT2D eigenvalue weighted by Crippen LogP contribution is 2.17. The van der Waals surface area contributed by atoms with Gasteiger partial charge in [0.1, 0.15) is 0 Å². The van der Waals surface area contributed by atoms with Crippen molar-refractivity contribution in [2.45, 2.75) is 38.2 Å². The molecule has 0 bridgehead atoms. The number of aliphatic carboxylic acids is 1. The van der Waals surface area contributed by atoms with Crippen molar-refractivity contribution in [3.05, 3.63) is 12.7 Å². The van der Waals surface area contributed by atoms with Crippen molar-refractivity contribution in [1.82, 2.24) is 0 Å². The first-order chi connectivity index (χ1) is 10.1. The summed E-state index contributed by atoms with van der Waals surface area (Å²) in [7, 11) is 0. The average molecular weight is 300 g/mol. The molecule has 6 heteroatoms. The Morgan fingerprint density at radius 1 is 1.29 bits per heavy atom. The molecule has 0 aromatic heterocycles. The Kier molecular flexibility index (Phi) is 8.69. The van der Waals surface area contributed by atoms with Crippen LogP contribution in [0, 0.1) is 5.92 Å². The van der Waals surface area contributed by atoms with Gasteiger partial charge in [-0.1, -0.05) is 6.58 Å². The first kappa shape index (κ1) is 17.7. The predicted molar refractivity (Wildman–Crippen MR) is 75.9 cm³/mol. The van der Waals surface area contributed by atoms with Crippen LogP contribution in [-0.4, -0.2) is 49.6 Å². The molecule has 0 saturated carbocycles. The van der Waals surface area contributed by atoms with Gasteiger partial charge < -0.3 is 19.3 Å². The largest absolute Gasteiger partial charge is 0.478 e. The lowest BCUT2D eigenvalue weighted by Gasteiger charge is -2.14. The third-order valence-electron chi connectivity index (χ3n) is 3.35. The first-order valence-corrected chi connectivity index (χ1v) is 7.34. The normalized spacial score (nSPS) is 25.2. The van der Waals surface area contributed by atoms with Gasteiger partial charge in [0.2, 0.25) is 0 Å². The van der Waals surface area contributed by atoms with E-state index in [0.717, 1.165) is 44.8 Å². The Hall–Kier alpha value is -1.40. The van der Waals surface area contributed by atoms with Gasteiger partial charge >= 0.3 is 11.9 Å². The number of ether oxygens (including phenoxy) is 3. The van der Waals surface area contributed by atoms with Crippen molar-refractivity contribution in [3.63, 3.8) is 0 Å². The molecule has 2 heterocycles. The van der Waals surface area contributed by atoms with Gasteiger partial charge in [0.05, 0.1) is 31.8 Å². The Morgan fingerprint density at radius 2 is 2.05 bits per heavy atom. The zero-order valence-electron chi connectivity index (χ0n) is 12.3. The molecule has 2 aliphatic heterocycles. The van der Waals surface area contributed by atoms with E-state index in [2.05, 4.69) is 6.58 Å². The number of esters is 1. The lowest BCUT2D eigenvalue weighted by atomic mass is 10.0. The van der Waals surface area contributed by atoms with Gasteiger partial charge in [-0.2, -0.15) is 0 Å². The number of carbonyl (C=O) groups is 2. The standard InChI is InChI=1S/C12H20O4.C3H4O2/c13-12-10(4-1-2-6-16-12)8-14-9-11-5-3-7-15-11;1-2-3(4)5/h10-11H,1-9H2;2H,1H2,(H,4,5). The second kappa shape index (κ2) is 10.3. The monoisotopic (exact) mass is 300 g/mol. The van der Waals surface area contributed by atoms with Gasteiger partial charge in [0.25, 0.3) is 0 Å².